The molecule has 30 heavy (non-hydrogen) atoms. The molecule has 0 aliphatic heterocycles. The van der Waals surface area contributed by atoms with Gasteiger partial charge in [-0.15, -0.1) is 0 Å². The quantitative estimate of drug-likeness (QED) is 0.477. The van der Waals surface area contributed by atoms with Crippen molar-refractivity contribution in [1.82, 2.24) is 19.5 Å². The number of aryl methyl sites for hydroxylation is 2. The molecule has 0 amide bonds. The van der Waals surface area contributed by atoms with Crippen LogP contribution in [0.15, 0.2) is 96.1 Å². The summed E-state index contributed by atoms with van der Waals surface area (Å²) in [7, 11) is 0. The molecule has 5 nitrogen and oxygen atoms in total. The second-order valence-electron chi connectivity index (χ2n) is 7.21. The summed E-state index contributed by atoms with van der Waals surface area (Å²) in [6.45, 7) is 0. The molecule has 0 fully saturated rings. The third-order valence-electron chi connectivity index (χ3n) is 5.22. The van der Waals surface area contributed by atoms with E-state index in [1.807, 2.05) is 79.1 Å². The zero-order valence-electron chi connectivity index (χ0n) is 16.3. The highest BCUT2D eigenvalue weighted by molar-refractivity contribution is 5.83. The molecule has 2 aromatic heterocycles. The van der Waals surface area contributed by atoms with Gasteiger partial charge < -0.3 is 4.98 Å². The number of para-hydroxylation sites is 1. The topological polar surface area (TPSA) is 63.6 Å². The minimum absolute atomic E-state index is 0.152. The third-order valence-corrected chi connectivity index (χ3v) is 5.22. The van der Waals surface area contributed by atoms with Crippen LogP contribution in [-0.2, 0) is 12.8 Å². The third kappa shape index (κ3) is 3.53. The fourth-order valence-corrected chi connectivity index (χ4v) is 3.65. The number of nitrogens with zero attached hydrogens (tertiary/aromatic N) is 3. The molecule has 0 atom stereocenters. The molecule has 1 N–H and O–H groups in total. The van der Waals surface area contributed by atoms with Crippen LogP contribution in [0.25, 0.3) is 27.8 Å². The first-order valence-corrected chi connectivity index (χ1v) is 9.93. The van der Waals surface area contributed by atoms with Gasteiger partial charge in [-0.3, -0.25) is 4.57 Å². The molecule has 0 spiro atoms. The number of hydrogen-bond donors (Lipinski definition) is 1. The van der Waals surface area contributed by atoms with Crippen LogP contribution in [0, 0.1) is 0 Å². The van der Waals surface area contributed by atoms with Crippen molar-refractivity contribution in [2.45, 2.75) is 12.8 Å². The molecular weight excluding hydrogens is 372 g/mol. The molecule has 2 heterocycles. The summed E-state index contributed by atoms with van der Waals surface area (Å²) in [6, 6.07) is 25.9. The molecule has 3 aromatic carbocycles. The van der Waals surface area contributed by atoms with Crippen molar-refractivity contribution in [1.29, 1.82) is 0 Å². The van der Waals surface area contributed by atoms with E-state index in [1.165, 1.54) is 5.56 Å². The van der Waals surface area contributed by atoms with Crippen molar-refractivity contribution in [2.75, 3.05) is 0 Å². The number of imidazole rings is 1. The summed E-state index contributed by atoms with van der Waals surface area (Å²) in [6.07, 6.45) is 5.42. The van der Waals surface area contributed by atoms with Gasteiger partial charge in [-0.2, -0.15) is 0 Å². The lowest BCUT2D eigenvalue weighted by molar-refractivity contribution is 0.859. The maximum Gasteiger partial charge on any atom is 0.331 e. The van der Waals surface area contributed by atoms with Gasteiger partial charge in [-0.1, -0.05) is 54.6 Å². The summed E-state index contributed by atoms with van der Waals surface area (Å²) in [4.78, 5) is 24.5. The van der Waals surface area contributed by atoms with E-state index >= 15 is 0 Å². The molecule has 0 saturated heterocycles. The summed E-state index contributed by atoms with van der Waals surface area (Å²) in [5.74, 6) is 0.825. The van der Waals surface area contributed by atoms with Crippen LogP contribution in [0.4, 0.5) is 0 Å². The van der Waals surface area contributed by atoms with Gasteiger partial charge in [0, 0.05) is 24.4 Å². The average molecular weight is 392 g/mol. The number of benzene rings is 3. The second-order valence-corrected chi connectivity index (χ2v) is 7.21. The van der Waals surface area contributed by atoms with Crippen LogP contribution >= 0.6 is 0 Å². The zero-order chi connectivity index (χ0) is 20.3. The Morgan fingerprint density at radius 2 is 1.47 bits per heavy atom. The molecule has 0 radical (unpaired) electrons. The van der Waals surface area contributed by atoms with Crippen molar-refractivity contribution in [2.24, 2.45) is 0 Å². The fraction of sp³-hybridized carbons (Fsp3) is 0.0800. The number of aromatic nitrogens is 4. The molecule has 0 aliphatic rings. The molecule has 146 valence electrons. The van der Waals surface area contributed by atoms with Gasteiger partial charge in [0.1, 0.15) is 5.82 Å². The van der Waals surface area contributed by atoms with E-state index in [-0.39, 0.29) is 5.69 Å². The van der Waals surface area contributed by atoms with Crippen LogP contribution in [-0.4, -0.2) is 19.5 Å². The zero-order valence-corrected chi connectivity index (χ0v) is 16.3. The van der Waals surface area contributed by atoms with Crippen molar-refractivity contribution in [3.63, 3.8) is 0 Å². The van der Waals surface area contributed by atoms with Crippen molar-refractivity contribution >= 4 is 11.0 Å². The molecule has 0 aliphatic carbocycles. The normalized spacial score (nSPS) is 11.1. The van der Waals surface area contributed by atoms with Gasteiger partial charge in [-0.25, -0.2) is 14.8 Å². The molecule has 0 unspecified atom stereocenters. The first kappa shape index (κ1) is 18.1. The number of fused-ring (bicyclic) bond motifs is 1. The maximum atomic E-state index is 12.5. The van der Waals surface area contributed by atoms with Gasteiger partial charge >= 0.3 is 5.69 Å². The Kier molecular flexibility index (Phi) is 4.69. The minimum atomic E-state index is -0.152. The molecule has 5 rings (SSSR count). The highest BCUT2D eigenvalue weighted by atomic mass is 16.1. The Morgan fingerprint density at radius 1 is 0.767 bits per heavy atom. The number of hydrogen-bond acceptors (Lipinski definition) is 3. The van der Waals surface area contributed by atoms with E-state index in [9.17, 15) is 4.79 Å². The van der Waals surface area contributed by atoms with E-state index in [4.69, 9.17) is 0 Å². The second kappa shape index (κ2) is 7.79. The van der Waals surface area contributed by atoms with E-state index in [1.54, 1.807) is 4.57 Å². The van der Waals surface area contributed by atoms with Crippen LogP contribution in [0.1, 0.15) is 11.4 Å². The highest BCUT2D eigenvalue weighted by Crippen LogP contribution is 2.24. The number of nitrogens with one attached hydrogen (secondary N) is 1. The van der Waals surface area contributed by atoms with Crippen LogP contribution in [0.3, 0.4) is 0 Å². The maximum absolute atomic E-state index is 12.5. The van der Waals surface area contributed by atoms with Gasteiger partial charge in [0.2, 0.25) is 0 Å². The van der Waals surface area contributed by atoms with Crippen molar-refractivity contribution in [3.05, 3.63) is 113 Å². The number of rotatable bonds is 5. The van der Waals surface area contributed by atoms with E-state index in [0.717, 1.165) is 46.5 Å². The van der Waals surface area contributed by atoms with Crippen LogP contribution in [0.2, 0.25) is 0 Å². The Hall–Kier alpha value is -3.99. The monoisotopic (exact) mass is 392 g/mol. The van der Waals surface area contributed by atoms with Crippen molar-refractivity contribution < 1.29 is 0 Å². The molecule has 0 bridgehead atoms. The summed E-state index contributed by atoms with van der Waals surface area (Å²) < 4.78 is 1.69. The molecule has 0 saturated carbocycles. The van der Waals surface area contributed by atoms with Gasteiger partial charge in [0.05, 0.1) is 16.7 Å². The van der Waals surface area contributed by atoms with Crippen LogP contribution in [0.5, 0.6) is 0 Å². The SMILES string of the molecule is O=c1[nH]c2ccc(-c3cnc(CCc4ccccc4)nc3)cc2n1-c1ccccc1. The summed E-state index contributed by atoms with van der Waals surface area (Å²) in [5.41, 5.74) is 5.49. The largest absolute Gasteiger partial charge is 0.331 e. The Balaban J connectivity index is 1.44. The van der Waals surface area contributed by atoms with Crippen molar-refractivity contribution in [3.8, 4) is 16.8 Å². The predicted octanol–water partition coefficient (Wildman–Crippen LogP) is 4.56. The lowest BCUT2D eigenvalue weighted by Gasteiger charge is -2.06. The first-order valence-electron chi connectivity index (χ1n) is 9.93. The first-order chi connectivity index (χ1) is 14.8. The fourth-order valence-electron chi connectivity index (χ4n) is 3.65. The van der Waals surface area contributed by atoms with Gasteiger partial charge in [-0.05, 0) is 41.8 Å². The van der Waals surface area contributed by atoms with E-state index in [0.29, 0.717) is 0 Å². The minimum Gasteiger partial charge on any atom is -0.305 e. The van der Waals surface area contributed by atoms with Gasteiger partial charge in [0.25, 0.3) is 0 Å². The molecular formula is C25H20N4O. The molecule has 5 heteroatoms. The summed E-state index contributed by atoms with van der Waals surface area (Å²) >= 11 is 0. The summed E-state index contributed by atoms with van der Waals surface area (Å²) in [5, 5.41) is 0. The lowest BCUT2D eigenvalue weighted by atomic mass is 10.1. The standard InChI is InChI=1S/C25H20N4O/c30-25-28-22-13-12-19(15-23(22)29(25)21-9-5-2-6-10-21)20-16-26-24(27-17-20)14-11-18-7-3-1-4-8-18/h1-10,12-13,15-17H,11,14H2,(H,28,30). The number of H-pyrrole nitrogens is 1. The Morgan fingerprint density at radius 3 is 2.20 bits per heavy atom. The lowest BCUT2D eigenvalue weighted by Crippen LogP contribution is -2.14. The smallest absolute Gasteiger partial charge is 0.305 e. The highest BCUT2D eigenvalue weighted by Gasteiger charge is 2.10. The average Bonchev–Trinajstić information content (AvgIpc) is 3.14. The predicted molar refractivity (Wildman–Crippen MR) is 119 cm³/mol. The van der Waals surface area contributed by atoms with E-state index in [2.05, 4.69) is 27.1 Å². The molecule has 5 aromatic rings. The van der Waals surface area contributed by atoms with Crippen LogP contribution < -0.4 is 5.69 Å². The van der Waals surface area contributed by atoms with E-state index < -0.39 is 0 Å². The number of aromatic amines is 1. The van der Waals surface area contributed by atoms with Gasteiger partial charge in [0.15, 0.2) is 0 Å². The Bertz CT molecular complexity index is 1340. The Labute approximate surface area is 173 Å².